The molecule has 24 heavy (non-hydrogen) atoms. The number of rotatable bonds is 7. The summed E-state index contributed by atoms with van der Waals surface area (Å²) in [6, 6.07) is 10.6. The molecule has 1 fully saturated rings. The van der Waals surface area contributed by atoms with Crippen LogP contribution in [-0.4, -0.2) is 55.1 Å². The molecule has 1 saturated heterocycles. The predicted molar refractivity (Wildman–Crippen MR) is 100 cm³/mol. The minimum absolute atomic E-state index is 0.0419. The minimum Gasteiger partial charge on any atom is -0.369 e. The van der Waals surface area contributed by atoms with Crippen LogP contribution in [0.2, 0.25) is 0 Å². The van der Waals surface area contributed by atoms with E-state index in [0.29, 0.717) is 6.42 Å². The summed E-state index contributed by atoms with van der Waals surface area (Å²) in [5.74, 6) is -0.0419. The van der Waals surface area contributed by atoms with Gasteiger partial charge in [-0.05, 0) is 32.4 Å². The van der Waals surface area contributed by atoms with Crippen LogP contribution in [-0.2, 0) is 4.79 Å². The molecule has 0 saturated carbocycles. The van der Waals surface area contributed by atoms with Gasteiger partial charge in [-0.1, -0.05) is 31.5 Å². The fraction of sp³-hybridized carbons (Fsp3) is 0.632. The first-order valence-electron chi connectivity index (χ1n) is 9.04. The predicted octanol–water partition coefficient (Wildman–Crippen LogP) is 1.83. The number of hydrogen-bond donors (Lipinski definition) is 2. The standard InChI is InChI=1S/C19H32N4O/c1-4-10-19(3,20)18(24)21-16(2)15-22-11-13-23(14-12-22)17-8-6-5-7-9-17/h5-9,16H,4,10-15,20H2,1-3H3,(H,21,24). The summed E-state index contributed by atoms with van der Waals surface area (Å²) in [6.07, 6.45) is 1.62. The van der Waals surface area contributed by atoms with E-state index in [0.717, 1.165) is 39.1 Å². The van der Waals surface area contributed by atoms with Gasteiger partial charge in [-0.15, -0.1) is 0 Å². The smallest absolute Gasteiger partial charge is 0.240 e. The molecule has 2 unspecified atom stereocenters. The lowest BCUT2D eigenvalue weighted by Gasteiger charge is -2.37. The van der Waals surface area contributed by atoms with Gasteiger partial charge < -0.3 is 16.0 Å². The van der Waals surface area contributed by atoms with E-state index in [9.17, 15) is 4.79 Å². The lowest BCUT2D eigenvalue weighted by Crippen LogP contribution is -2.56. The Bertz CT molecular complexity index is 509. The highest BCUT2D eigenvalue weighted by Gasteiger charge is 2.28. The van der Waals surface area contributed by atoms with E-state index in [1.807, 2.05) is 19.9 Å². The van der Waals surface area contributed by atoms with Crippen LogP contribution in [0.15, 0.2) is 30.3 Å². The third kappa shape index (κ3) is 5.21. The Morgan fingerprint density at radius 3 is 2.46 bits per heavy atom. The Labute approximate surface area is 146 Å². The zero-order valence-electron chi connectivity index (χ0n) is 15.3. The number of anilines is 1. The highest BCUT2D eigenvalue weighted by atomic mass is 16.2. The molecule has 0 bridgehead atoms. The summed E-state index contributed by atoms with van der Waals surface area (Å²) in [5, 5.41) is 3.08. The molecule has 5 nitrogen and oxygen atoms in total. The third-order valence-corrected chi connectivity index (χ3v) is 4.69. The van der Waals surface area contributed by atoms with Gasteiger partial charge in [-0.2, -0.15) is 0 Å². The molecule has 0 spiro atoms. The highest BCUT2D eigenvalue weighted by Crippen LogP contribution is 2.15. The van der Waals surface area contributed by atoms with Crippen LogP contribution in [0.3, 0.4) is 0 Å². The van der Waals surface area contributed by atoms with Gasteiger partial charge in [0.15, 0.2) is 0 Å². The number of hydrogen-bond acceptors (Lipinski definition) is 4. The number of piperazine rings is 1. The fourth-order valence-electron chi connectivity index (χ4n) is 3.28. The molecule has 1 aliphatic heterocycles. The normalized spacial score (nSPS) is 19.6. The molecular formula is C19H32N4O. The molecule has 2 atom stereocenters. The lowest BCUT2D eigenvalue weighted by atomic mass is 9.96. The van der Waals surface area contributed by atoms with E-state index < -0.39 is 5.54 Å². The van der Waals surface area contributed by atoms with Gasteiger partial charge >= 0.3 is 0 Å². The second kappa shape index (κ2) is 8.49. The lowest BCUT2D eigenvalue weighted by molar-refractivity contribution is -0.126. The molecule has 5 heteroatoms. The summed E-state index contributed by atoms with van der Waals surface area (Å²) in [6.45, 7) is 10.9. The maximum atomic E-state index is 12.3. The number of benzene rings is 1. The Hall–Kier alpha value is -1.59. The first-order chi connectivity index (χ1) is 11.4. The van der Waals surface area contributed by atoms with Crippen LogP contribution in [0.5, 0.6) is 0 Å². The Kier molecular flexibility index (Phi) is 6.63. The van der Waals surface area contributed by atoms with Crippen molar-refractivity contribution in [1.29, 1.82) is 0 Å². The van der Waals surface area contributed by atoms with E-state index in [1.165, 1.54) is 5.69 Å². The number of nitrogens with two attached hydrogens (primary N) is 1. The summed E-state index contributed by atoms with van der Waals surface area (Å²) < 4.78 is 0. The van der Waals surface area contributed by atoms with Crippen LogP contribution in [0, 0.1) is 0 Å². The molecule has 1 aromatic rings. The van der Waals surface area contributed by atoms with Gasteiger partial charge in [-0.3, -0.25) is 9.69 Å². The molecule has 1 aromatic carbocycles. The number of amides is 1. The van der Waals surface area contributed by atoms with Crippen molar-refractivity contribution >= 4 is 11.6 Å². The van der Waals surface area contributed by atoms with Crippen LogP contribution < -0.4 is 16.0 Å². The molecule has 0 aliphatic carbocycles. The number of para-hydroxylation sites is 1. The van der Waals surface area contributed by atoms with Gasteiger partial charge in [0, 0.05) is 44.5 Å². The van der Waals surface area contributed by atoms with Crippen LogP contribution >= 0.6 is 0 Å². The average molecular weight is 332 g/mol. The van der Waals surface area contributed by atoms with E-state index in [1.54, 1.807) is 0 Å². The Morgan fingerprint density at radius 2 is 1.88 bits per heavy atom. The number of carbonyl (C=O) groups is 1. The van der Waals surface area contributed by atoms with Gasteiger partial charge in [0.25, 0.3) is 0 Å². The van der Waals surface area contributed by atoms with Crippen molar-refractivity contribution in [1.82, 2.24) is 10.2 Å². The van der Waals surface area contributed by atoms with Crippen LogP contribution in [0.1, 0.15) is 33.6 Å². The zero-order chi connectivity index (χ0) is 17.6. The van der Waals surface area contributed by atoms with Crippen LogP contribution in [0.4, 0.5) is 5.69 Å². The SMILES string of the molecule is CCCC(C)(N)C(=O)NC(C)CN1CCN(c2ccccc2)CC1. The third-order valence-electron chi connectivity index (χ3n) is 4.69. The van der Waals surface area contributed by atoms with E-state index in [2.05, 4.69) is 46.3 Å². The van der Waals surface area contributed by atoms with Crippen LogP contribution in [0.25, 0.3) is 0 Å². The Balaban J connectivity index is 1.76. The topological polar surface area (TPSA) is 61.6 Å². The van der Waals surface area contributed by atoms with Crippen molar-refractivity contribution in [3.8, 4) is 0 Å². The summed E-state index contributed by atoms with van der Waals surface area (Å²) in [4.78, 5) is 17.1. The van der Waals surface area contributed by atoms with Crippen molar-refractivity contribution in [2.24, 2.45) is 5.73 Å². The summed E-state index contributed by atoms with van der Waals surface area (Å²) in [7, 11) is 0. The van der Waals surface area contributed by atoms with Crippen molar-refractivity contribution in [2.75, 3.05) is 37.6 Å². The molecule has 134 valence electrons. The molecule has 1 heterocycles. The molecule has 1 aliphatic rings. The second-order valence-electron chi connectivity index (χ2n) is 7.17. The van der Waals surface area contributed by atoms with Crippen molar-refractivity contribution < 1.29 is 4.79 Å². The van der Waals surface area contributed by atoms with E-state index >= 15 is 0 Å². The molecule has 1 amide bonds. The van der Waals surface area contributed by atoms with E-state index in [-0.39, 0.29) is 11.9 Å². The fourth-order valence-corrected chi connectivity index (χ4v) is 3.28. The average Bonchev–Trinajstić information content (AvgIpc) is 2.56. The number of nitrogens with one attached hydrogen (secondary N) is 1. The summed E-state index contributed by atoms with van der Waals surface area (Å²) >= 11 is 0. The zero-order valence-corrected chi connectivity index (χ0v) is 15.3. The number of carbonyl (C=O) groups excluding carboxylic acids is 1. The largest absolute Gasteiger partial charge is 0.369 e. The minimum atomic E-state index is -0.769. The highest BCUT2D eigenvalue weighted by molar-refractivity contribution is 5.85. The maximum absolute atomic E-state index is 12.3. The van der Waals surface area contributed by atoms with Crippen molar-refractivity contribution in [3.05, 3.63) is 30.3 Å². The monoisotopic (exact) mass is 332 g/mol. The van der Waals surface area contributed by atoms with Gasteiger partial charge in [0.2, 0.25) is 5.91 Å². The van der Waals surface area contributed by atoms with E-state index in [4.69, 9.17) is 5.73 Å². The second-order valence-corrected chi connectivity index (χ2v) is 7.17. The van der Waals surface area contributed by atoms with Gasteiger partial charge in [0.05, 0.1) is 5.54 Å². The first-order valence-corrected chi connectivity index (χ1v) is 9.04. The molecular weight excluding hydrogens is 300 g/mol. The van der Waals surface area contributed by atoms with Gasteiger partial charge in [-0.25, -0.2) is 0 Å². The maximum Gasteiger partial charge on any atom is 0.240 e. The Morgan fingerprint density at radius 1 is 1.25 bits per heavy atom. The quantitative estimate of drug-likeness (QED) is 0.800. The summed E-state index contributed by atoms with van der Waals surface area (Å²) in [5.41, 5.74) is 6.62. The molecule has 0 radical (unpaired) electrons. The number of nitrogens with zero attached hydrogens (tertiary/aromatic N) is 2. The first kappa shape index (κ1) is 18.7. The molecule has 0 aromatic heterocycles. The van der Waals surface area contributed by atoms with Gasteiger partial charge in [0.1, 0.15) is 0 Å². The van der Waals surface area contributed by atoms with Crippen molar-refractivity contribution in [3.63, 3.8) is 0 Å². The molecule has 3 N–H and O–H groups in total. The molecule has 2 rings (SSSR count). The van der Waals surface area contributed by atoms with Crippen molar-refractivity contribution in [2.45, 2.75) is 45.2 Å².